The van der Waals surface area contributed by atoms with E-state index in [1.54, 1.807) is 0 Å². The standard InChI is InChI=1S/C14H22O7S.Mg.2H/c1-11(2)13(15)19-7-5-9-21-22(17,18)10-6-8-20-14(16)12(3)4;;;/h1,3,5-10H2,2,4H3;;;. The Kier molecular flexibility index (Phi) is 13.2. The van der Waals surface area contributed by atoms with Crippen LogP contribution in [-0.2, 0) is 33.4 Å². The minimum atomic E-state index is -3.69. The highest BCUT2D eigenvalue weighted by atomic mass is 32.2. The first-order chi connectivity index (χ1) is 10.2. The molecule has 23 heavy (non-hydrogen) atoms. The predicted molar refractivity (Wildman–Crippen MR) is 89.1 cm³/mol. The average Bonchev–Trinajstić information content (AvgIpc) is 2.42. The fraction of sp³-hybridized carbons (Fsp3) is 0.571. The number of hydrogen-bond donors (Lipinski definition) is 0. The van der Waals surface area contributed by atoms with Crippen LogP contribution in [-0.4, -0.2) is 69.0 Å². The normalized spacial score (nSPS) is 10.3. The van der Waals surface area contributed by atoms with Crippen molar-refractivity contribution < 1.29 is 31.7 Å². The third-order valence-corrected chi connectivity index (χ3v) is 3.57. The summed E-state index contributed by atoms with van der Waals surface area (Å²) in [6.45, 7) is 9.78. The zero-order chi connectivity index (χ0) is 17.2. The summed E-state index contributed by atoms with van der Waals surface area (Å²) in [6.07, 6.45) is 0.384. The molecule has 0 N–H and O–H groups in total. The van der Waals surface area contributed by atoms with Crippen molar-refractivity contribution in [3.63, 3.8) is 0 Å². The maximum absolute atomic E-state index is 11.5. The van der Waals surface area contributed by atoms with E-state index in [4.69, 9.17) is 13.7 Å². The monoisotopic (exact) mass is 360 g/mol. The first-order valence-electron chi connectivity index (χ1n) is 6.68. The lowest BCUT2D eigenvalue weighted by Crippen LogP contribution is -2.16. The molecule has 0 aromatic carbocycles. The van der Waals surface area contributed by atoms with Crippen LogP contribution < -0.4 is 0 Å². The van der Waals surface area contributed by atoms with Crippen molar-refractivity contribution in [3.05, 3.63) is 24.3 Å². The van der Waals surface area contributed by atoms with E-state index in [1.165, 1.54) is 13.8 Å². The van der Waals surface area contributed by atoms with Gasteiger partial charge in [-0.1, -0.05) is 13.2 Å². The molecule has 0 radical (unpaired) electrons. The van der Waals surface area contributed by atoms with Crippen molar-refractivity contribution in [2.75, 3.05) is 25.6 Å². The second kappa shape index (κ2) is 12.5. The molecule has 0 aliphatic heterocycles. The zero-order valence-electron chi connectivity index (χ0n) is 12.9. The Labute approximate surface area is 153 Å². The molecule has 130 valence electrons. The summed E-state index contributed by atoms with van der Waals surface area (Å²) in [5.74, 6) is -1.35. The lowest BCUT2D eigenvalue weighted by Gasteiger charge is -2.07. The molecule has 0 amide bonds. The highest BCUT2D eigenvalue weighted by Gasteiger charge is 2.12. The first-order valence-corrected chi connectivity index (χ1v) is 8.26. The Bertz CT molecular complexity index is 525. The van der Waals surface area contributed by atoms with E-state index in [2.05, 4.69) is 13.2 Å². The molecular weight excluding hydrogens is 337 g/mol. The van der Waals surface area contributed by atoms with Gasteiger partial charge in [-0.2, -0.15) is 8.42 Å². The summed E-state index contributed by atoms with van der Waals surface area (Å²) in [6, 6.07) is 0. The molecule has 9 heteroatoms. The SMILES string of the molecule is C=C(C)C(=O)OCCCOS(=O)(=O)CCCOC(=O)C(=C)C.[MgH2]. The van der Waals surface area contributed by atoms with Gasteiger partial charge >= 0.3 is 35.0 Å². The van der Waals surface area contributed by atoms with Gasteiger partial charge in [0.15, 0.2) is 0 Å². The minimum absolute atomic E-state index is 0. The number of carbonyl (C=O) groups excluding carboxylic acids is 2. The number of ether oxygens (including phenoxy) is 2. The minimum Gasteiger partial charge on any atom is -0.462 e. The second-order valence-electron chi connectivity index (χ2n) is 4.62. The van der Waals surface area contributed by atoms with Crippen molar-refractivity contribution in [2.45, 2.75) is 26.7 Å². The van der Waals surface area contributed by atoms with Crippen molar-refractivity contribution in [3.8, 4) is 0 Å². The van der Waals surface area contributed by atoms with Crippen LogP contribution in [0.3, 0.4) is 0 Å². The van der Waals surface area contributed by atoms with Gasteiger partial charge < -0.3 is 9.47 Å². The van der Waals surface area contributed by atoms with Gasteiger partial charge in [0.25, 0.3) is 10.1 Å². The molecule has 0 unspecified atom stereocenters. The molecule has 0 aliphatic rings. The highest BCUT2D eigenvalue weighted by molar-refractivity contribution is 7.86. The Morgan fingerprint density at radius 1 is 0.870 bits per heavy atom. The number of hydrogen-bond acceptors (Lipinski definition) is 7. The lowest BCUT2D eigenvalue weighted by molar-refractivity contribution is -0.140. The third kappa shape index (κ3) is 13.2. The Morgan fingerprint density at radius 2 is 1.30 bits per heavy atom. The first kappa shape index (κ1) is 24.3. The second-order valence-corrected chi connectivity index (χ2v) is 6.38. The van der Waals surface area contributed by atoms with Crippen LogP contribution in [0.25, 0.3) is 0 Å². The summed E-state index contributed by atoms with van der Waals surface area (Å²) in [7, 11) is -3.69. The van der Waals surface area contributed by atoms with Crippen LogP contribution in [0.5, 0.6) is 0 Å². The van der Waals surface area contributed by atoms with Crippen molar-refractivity contribution in [2.24, 2.45) is 0 Å². The number of rotatable bonds is 11. The van der Waals surface area contributed by atoms with Crippen LogP contribution in [0.4, 0.5) is 0 Å². The summed E-state index contributed by atoms with van der Waals surface area (Å²) in [4.78, 5) is 22.1. The largest absolute Gasteiger partial charge is 0.462 e. The van der Waals surface area contributed by atoms with E-state index in [9.17, 15) is 18.0 Å². The molecule has 0 aromatic rings. The van der Waals surface area contributed by atoms with Crippen LogP contribution in [0, 0.1) is 0 Å². The molecule has 0 saturated heterocycles. The number of esters is 2. The lowest BCUT2D eigenvalue weighted by atomic mass is 10.4. The Hall–Kier alpha value is -0.904. The van der Waals surface area contributed by atoms with Gasteiger partial charge in [0.1, 0.15) is 0 Å². The fourth-order valence-electron chi connectivity index (χ4n) is 1.12. The molecule has 7 nitrogen and oxygen atoms in total. The molecule has 0 bridgehead atoms. The van der Waals surface area contributed by atoms with E-state index in [0.29, 0.717) is 0 Å². The van der Waals surface area contributed by atoms with Gasteiger partial charge in [0.2, 0.25) is 0 Å². The van der Waals surface area contributed by atoms with Crippen LogP contribution in [0.1, 0.15) is 26.7 Å². The molecule has 0 spiro atoms. The summed E-state index contributed by atoms with van der Waals surface area (Å²) >= 11 is 0. The average molecular weight is 361 g/mol. The quantitative estimate of drug-likeness (QED) is 0.173. The third-order valence-electron chi connectivity index (χ3n) is 2.25. The Morgan fingerprint density at radius 3 is 1.74 bits per heavy atom. The van der Waals surface area contributed by atoms with E-state index in [-0.39, 0.29) is 72.6 Å². The molecule has 0 atom stereocenters. The van der Waals surface area contributed by atoms with Gasteiger partial charge in [0, 0.05) is 17.6 Å². The zero-order valence-corrected chi connectivity index (χ0v) is 13.7. The van der Waals surface area contributed by atoms with Crippen LogP contribution >= 0.6 is 0 Å². The van der Waals surface area contributed by atoms with Crippen molar-refractivity contribution in [1.29, 1.82) is 0 Å². The molecular formula is C14H24MgO7S. The van der Waals surface area contributed by atoms with E-state index in [1.807, 2.05) is 0 Å². The fourth-order valence-corrected chi connectivity index (χ4v) is 2.08. The van der Waals surface area contributed by atoms with Gasteiger partial charge in [0.05, 0.1) is 25.6 Å². The summed E-state index contributed by atoms with van der Waals surface area (Å²) in [5, 5.41) is 0. The van der Waals surface area contributed by atoms with Crippen molar-refractivity contribution in [1.82, 2.24) is 0 Å². The molecule has 0 rings (SSSR count). The maximum Gasteiger partial charge on any atom is 0.333 e. The number of carbonyl (C=O) groups is 2. The summed E-state index contributed by atoms with van der Waals surface area (Å²) in [5.41, 5.74) is 0.529. The van der Waals surface area contributed by atoms with E-state index in [0.717, 1.165) is 0 Å². The van der Waals surface area contributed by atoms with Crippen molar-refractivity contribution >= 4 is 45.1 Å². The maximum atomic E-state index is 11.5. The molecule has 0 aromatic heterocycles. The molecule has 0 fully saturated rings. The predicted octanol–water partition coefficient (Wildman–Crippen LogP) is 0.435. The van der Waals surface area contributed by atoms with Gasteiger partial charge in [-0.25, -0.2) is 9.59 Å². The summed E-state index contributed by atoms with van der Waals surface area (Å²) < 4.78 is 37.3. The van der Waals surface area contributed by atoms with Gasteiger partial charge in [-0.3, -0.25) is 4.18 Å². The van der Waals surface area contributed by atoms with E-state index >= 15 is 0 Å². The molecule has 0 aliphatic carbocycles. The smallest absolute Gasteiger partial charge is 0.333 e. The van der Waals surface area contributed by atoms with Gasteiger partial charge in [-0.05, 0) is 20.3 Å². The topological polar surface area (TPSA) is 96.0 Å². The molecule has 0 heterocycles. The molecule has 0 saturated carbocycles. The van der Waals surface area contributed by atoms with Crippen LogP contribution in [0.15, 0.2) is 24.3 Å². The highest BCUT2D eigenvalue weighted by Crippen LogP contribution is 2.01. The van der Waals surface area contributed by atoms with Gasteiger partial charge in [-0.15, -0.1) is 0 Å². The Balaban J connectivity index is 0. The van der Waals surface area contributed by atoms with Crippen LogP contribution in [0.2, 0.25) is 0 Å². The van der Waals surface area contributed by atoms with E-state index < -0.39 is 22.1 Å².